The van der Waals surface area contributed by atoms with Gasteiger partial charge < -0.3 is 0 Å². The Hall–Kier alpha value is -1.36. The smallest absolute Gasteiger partial charge is 0.129 e. The molecule has 1 rings (SSSR count). The second-order valence-electron chi connectivity index (χ2n) is 3.20. The number of aryl methyl sites for hydroxylation is 3. The molecular weight excluding hydrogens is 165 g/mol. The number of hydrogen-bond donors (Lipinski definition) is 0. The summed E-state index contributed by atoms with van der Waals surface area (Å²) in [5.41, 5.74) is 2.36. The van der Waals surface area contributed by atoms with Crippen molar-refractivity contribution in [3.8, 4) is 6.07 Å². The molecule has 13 heavy (non-hydrogen) atoms. The molecule has 0 radical (unpaired) electrons. The summed E-state index contributed by atoms with van der Waals surface area (Å²) in [5, 5.41) is 8.40. The lowest BCUT2D eigenvalue weighted by Crippen LogP contribution is -1.92. The monoisotopic (exact) mass is 177 g/mol. The van der Waals surface area contributed by atoms with E-state index in [-0.39, 0.29) is 5.82 Å². The van der Waals surface area contributed by atoms with Crippen molar-refractivity contribution < 1.29 is 4.39 Å². The van der Waals surface area contributed by atoms with E-state index in [9.17, 15) is 4.39 Å². The Balaban J connectivity index is 2.94. The molecule has 1 aromatic carbocycles. The van der Waals surface area contributed by atoms with E-state index in [0.717, 1.165) is 5.56 Å². The van der Waals surface area contributed by atoms with Crippen molar-refractivity contribution in [2.45, 2.75) is 26.7 Å². The second kappa shape index (κ2) is 4.04. The maximum absolute atomic E-state index is 13.2. The van der Waals surface area contributed by atoms with Crippen LogP contribution in [0.15, 0.2) is 12.1 Å². The van der Waals surface area contributed by atoms with Gasteiger partial charge in [0.1, 0.15) is 5.82 Å². The van der Waals surface area contributed by atoms with Gasteiger partial charge in [-0.05, 0) is 37.0 Å². The summed E-state index contributed by atoms with van der Waals surface area (Å²) in [4.78, 5) is 0. The summed E-state index contributed by atoms with van der Waals surface area (Å²) >= 11 is 0. The molecule has 0 heterocycles. The topological polar surface area (TPSA) is 23.8 Å². The van der Waals surface area contributed by atoms with Gasteiger partial charge in [-0.25, -0.2) is 4.39 Å². The quantitative estimate of drug-likeness (QED) is 0.681. The Morgan fingerprint density at radius 3 is 2.31 bits per heavy atom. The molecule has 0 amide bonds. The summed E-state index contributed by atoms with van der Waals surface area (Å²) < 4.78 is 13.2. The highest BCUT2D eigenvalue weighted by atomic mass is 19.1. The molecular formula is C11H12FN. The van der Waals surface area contributed by atoms with Gasteiger partial charge in [-0.15, -0.1) is 0 Å². The van der Waals surface area contributed by atoms with E-state index < -0.39 is 0 Å². The van der Waals surface area contributed by atoms with E-state index in [0.29, 0.717) is 24.0 Å². The predicted molar refractivity (Wildman–Crippen MR) is 49.8 cm³/mol. The highest BCUT2D eigenvalue weighted by Crippen LogP contribution is 2.15. The van der Waals surface area contributed by atoms with Crippen molar-refractivity contribution >= 4 is 0 Å². The fourth-order valence-electron chi connectivity index (χ4n) is 1.38. The van der Waals surface area contributed by atoms with Crippen LogP contribution in [0.4, 0.5) is 4.39 Å². The lowest BCUT2D eigenvalue weighted by Gasteiger charge is -2.04. The number of hydrogen-bond acceptors (Lipinski definition) is 1. The Bertz CT molecular complexity index is 327. The Morgan fingerprint density at radius 2 is 1.85 bits per heavy atom. The molecule has 1 nitrogen and oxygen atoms in total. The first-order chi connectivity index (χ1) is 6.15. The molecule has 0 aromatic heterocycles. The normalized spacial score (nSPS) is 9.69. The van der Waals surface area contributed by atoms with Crippen molar-refractivity contribution in [1.29, 1.82) is 5.26 Å². The number of rotatable bonds is 2. The Morgan fingerprint density at radius 1 is 1.31 bits per heavy atom. The third kappa shape index (κ3) is 2.29. The van der Waals surface area contributed by atoms with Gasteiger partial charge >= 0.3 is 0 Å². The van der Waals surface area contributed by atoms with E-state index >= 15 is 0 Å². The molecule has 0 saturated heterocycles. The van der Waals surface area contributed by atoms with E-state index in [4.69, 9.17) is 5.26 Å². The van der Waals surface area contributed by atoms with Crippen LogP contribution < -0.4 is 0 Å². The minimum Gasteiger partial charge on any atom is -0.206 e. The largest absolute Gasteiger partial charge is 0.206 e. The zero-order chi connectivity index (χ0) is 9.84. The molecule has 0 unspecified atom stereocenters. The van der Waals surface area contributed by atoms with Crippen LogP contribution in [0.5, 0.6) is 0 Å². The molecule has 0 fully saturated rings. The van der Waals surface area contributed by atoms with Crippen LogP contribution in [-0.2, 0) is 6.42 Å². The molecule has 0 aliphatic rings. The first-order valence-electron chi connectivity index (χ1n) is 4.27. The van der Waals surface area contributed by atoms with Gasteiger partial charge in [-0.2, -0.15) is 5.26 Å². The highest BCUT2D eigenvalue weighted by molar-refractivity contribution is 5.30. The van der Waals surface area contributed by atoms with Gasteiger partial charge in [0.15, 0.2) is 0 Å². The van der Waals surface area contributed by atoms with E-state index in [1.807, 2.05) is 0 Å². The summed E-state index contributed by atoms with van der Waals surface area (Å²) in [6.45, 7) is 3.50. The fourth-order valence-corrected chi connectivity index (χ4v) is 1.38. The molecule has 0 aliphatic carbocycles. The van der Waals surface area contributed by atoms with Crippen molar-refractivity contribution in [3.63, 3.8) is 0 Å². The van der Waals surface area contributed by atoms with E-state index in [1.165, 1.54) is 0 Å². The van der Waals surface area contributed by atoms with Crippen molar-refractivity contribution in [1.82, 2.24) is 0 Å². The summed E-state index contributed by atoms with van der Waals surface area (Å²) in [7, 11) is 0. The first-order valence-corrected chi connectivity index (χ1v) is 4.27. The van der Waals surface area contributed by atoms with E-state index in [1.54, 1.807) is 26.0 Å². The molecule has 0 aliphatic heterocycles. The maximum atomic E-state index is 13.2. The summed E-state index contributed by atoms with van der Waals surface area (Å²) in [5.74, 6) is -0.138. The van der Waals surface area contributed by atoms with Crippen LogP contribution in [0.1, 0.15) is 23.1 Å². The van der Waals surface area contributed by atoms with Crippen LogP contribution >= 0.6 is 0 Å². The third-order valence-electron chi connectivity index (χ3n) is 2.02. The zero-order valence-electron chi connectivity index (χ0n) is 7.89. The molecule has 68 valence electrons. The standard InChI is InChI=1S/C11H12FN/c1-8-6-10(4-3-5-13)7-9(2)11(8)12/h6-7H,3-4H2,1-2H3. The Kier molecular flexibility index (Phi) is 3.02. The van der Waals surface area contributed by atoms with Crippen LogP contribution in [0.2, 0.25) is 0 Å². The fraction of sp³-hybridized carbons (Fsp3) is 0.364. The molecule has 1 aromatic rings. The van der Waals surface area contributed by atoms with Gasteiger partial charge in [0.2, 0.25) is 0 Å². The first kappa shape index (κ1) is 9.73. The van der Waals surface area contributed by atoms with Crippen LogP contribution in [0.3, 0.4) is 0 Å². The molecule has 2 heteroatoms. The lowest BCUT2D eigenvalue weighted by molar-refractivity contribution is 0.608. The van der Waals surface area contributed by atoms with Gasteiger partial charge in [0.25, 0.3) is 0 Å². The molecule has 0 N–H and O–H groups in total. The zero-order valence-corrected chi connectivity index (χ0v) is 7.89. The number of benzene rings is 1. The average molecular weight is 177 g/mol. The minimum atomic E-state index is -0.138. The van der Waals surface area contributed by atoms with Gasteiger partial charge in [0, 0.05) is 6.42 Å². The van der Waals surface area contributed by atoms with Gasteiger partial charge in [-0.1, -0.05) is 12.1 Å². The SMILES string of the molecule is Cc1cc(CCC#N)cc(C)c1F. The molecule has 0 atom stereocenters. The molecule has 0 spiro atoms. The number of halogens is 1. The maximum Gasteiger partial charge on any atom is 0.129 e. The predicted octanol–water partition coefficient (Wildman–Crippen LogP) is 2.90. The lowest BCUT2D eigenvalue weighted by atomic mass is 10.0. The van der Waals surface area contributed by atoms with Gasteiger partial charge in [-0.3, -0.25) is 0 Å². The molecule has 0 bridgehead atoms. The van der Waals surface area contributed by atoms with Crippen LogP contribution in [0, 0.1) is 31.0 Å². The number of nitriles is 1. The summed E-state index contributed by atoms with van der Waals surface area (Å²) in [6.07, 6.45) is 1.20. The van der Waals surface area contributed by atoms with Gasteiger partial charge in [0.05, 0.1) is 6.07 Å². The highest BCUT2D eigenvalue weighted by Gasteiger charge is 2.03. The summed E-state index contributed by atoms with van der Waals surface area (Å²) in [6, 6.07) is 5.69. The van der Waals surface area contributed by atoms with E-state index in [2.05, 4.69) is 6.07 Å². The second-order valence-corrected chi connectivity index (χ2v) is 3.20. The Labute approximate surface area is 77.8 Å². The number of nitrogens with zero attached hydrogens (tertiary/aromatic N) is 1. The van der Waals surface area contributed by atoms with Crippen LogP contribution in [-0.4, -0.2) is 0 Å². The van der Waals surface area contributed by atoms with Crippen molar-refractivity contribution in [2.75, 3.05) is 0 Å². The molecule has 0 saturated carbocycles. The average Bonchev–Trinajstić information content (AvgIpc) is 2.10. The van der Waals surface area contributed by atoms with Crippen molar-refractivity contribution in [2.24, 2.45) is 0 Å². The third-order valence-corrected chi connectivity index (χ3v) is 2.02. The minimum absolute atomic E-state index is 0.138. The van der Waals surface area contributed by atoms with Crippen molar-refractivity contribution in [3.05, 3.63) is 34.6 Å². The van der Waals surface area contributed by atoms with Crippen LogP contribution in [0.25, 0.3) is 0 Å².